The second-order valence-corrected chi connectivity index (χ2v) is 7.61. The quantitative estimate of drug-likeness (QED) is 0.426. The van der Waals surface area contributed by atoms with Gasteiger partial charge in [0.05, 0.1) is 11.9 Å². The second-order valence-electron chi connectivity index (χ2n) is 6.76. The van der Waals surface area contributed by atoms with Crippen LogP contribution in [0.25, 0.3) is 0 Å². The number of anilines is 1. The summed E-state index contributed by atoms with van der Waals surface area (Å²) < 4.78 is 28.7. The van der Waals surface area contributed by atoms with Crippen molar-refractivity contribution in [2.24, 2.45) is 10.8 Å². The van der Waals surface area contributed by atoms with Gasteiger partial charge in [0.15, 0.2) is 5.11 Å². The lowest BCUT2D eigenvalue weighted by atomic mass is 10.2. The Hall–Kier alpha value is -2.29. The Labute approximate surface area is 179 Å². The molecule has 5 nitrogen and oxygen atoms in total. The highest BCUT2D eigenvalue weighted by molar-refractivity contribution is 7.80. The third-order valence-corrected chi connectivity index (χ3v) is 5.18. The van der Waals surface area contributed by atoms with Gasteiger partial charge in [-0.2, -0.15) is 5.10 Å². The molecule has 2 aromatic carbocycles. The van der Waals surface area contributed by atoms with Crippen LogP contribution in [0.1, 0.15) is 17.5 Å². The van der Waals surface area contributed by atoms with E-state index in [9.17, 15) is 8.78 Å². The summed E-state index contributed by atoms with van der Waals surface area (Å²) in [4.78, 5) is 4.15. The highest BCUT2D eigenvalue weighted by atomic mass is 35.5. The fraction of sp³-hybridized carbons (Fsp3) is 0.300. The molecular weight excluding hydrogens is 416 g/mol. The van der Waals surface area contributed by atoms with Gasteiger partial charge in [-0.05, 0) is 48.5 Å². The first-order valence-corrected chi connectivity index (χ1v) is 10.0. The van der Waals surface area contributed by atoms with Crippen LogP contribution in [-0.4, -0.2) is 42.4 Å². The topological polar surface area (TPSA) is 56.9 Å². The Morgan fingerprint density at radius 3 is 2.72 bits per heavy atom. The molecule has 2 aromatic rings. The number of nitrogens with zero attached hydrogens (tertiary/aromatic N) is 3. The van der Waals surface area contributed by atoms with E-state index in [0.717, 1.165) is 19.5 Å². The summed E-state index contributed by atoms with van der Waals surface area (Å²) in [6.07, 6.45) is 2.29. The molecule has 3 rings (SSSR count). The van der Waals surface area contributed by atoms with Crippen LogP contribution >= 0.6 is 23.8 Å². The Morgan fingerprint density at radius 2 is 2.00 bits per heavy atom. The molecule has 0 spiro atoms. The maximum Gasteiger partial charge on any atom is 0.184 e. The molecule has 0 radical (unpaired) electrons. The molecule has 1 fully saturated rings. The average molecular weight is 438 g/mol. The summed E-state index contributed by atoms with van der Waals surface area (Å²) in [6.45, 7) is 3.27. The zero-order chi connectivity index (χ0) is 20.8. The molecule has 29 heavy (non-hydrogen) atoms. The molecular formula is C20H22ClF2N5S. The van der Waals surface area contributed by atoms with Gasteiger partial charge in [0.1, 0.15) is 11.6 Å². The van der Waals surface area contributed by atoms with Crippen molar-refractivity contribution in [3.8, 4) is 0 Å². The minimum atomic E-state index is -0.324. The summed E-state index contributed by atoms with van der Waals surface area (Å²) >= 11 is 10.8. The predicted molar refractivity (Wildman–Crippen MR) is 117 cm³/mol. The van der Waals surface area contributed by atoms with Gasteiger partial charge in [-0.15, -0.1) is 0 Å². The van der Waals surface area contributed by atoms with E-state index in [2.05, 4.69) is 27.6 Å². The van der Waals surface area contributed by atoms with Crippen molar-refractivity contribution < 1.29 is 8.78 Å². The van der Waals surface area contributed by atoms with Crippen LogP contribution < -0.4 is 16.1 Å². The maximum atomic E-state index is 14.6. The van der Waals surface area contributed by atoms with E-state index in [1.54, 1.807) is 24.3 Å². The molecule has 0 aromatic heterocycles. The zero-order valence-electron chi connectivity index (χ0n) is 15.7. The molecule has 0 atom stereocenters. The van der Waals surface area contributed by atoms with Crippen molar-refractivity contribution in [3.05, 3.63) is 64.2 Å². The normalized spacial score (nSPS) is 15.5. The number of hydrogen-bond donors (Lipinski definition) is 2. The first kappa shape index (κ1) is 21.4. The molecule has 1 aliphatic heterocycles. The second kappa shape index (κ2) is 9.96. The minimum absolute atomic E-state index is 0.0455. The first-order chi connectivity index (χ1) is 13.9. The molecule has 3 N–H and O–H groups in total. The lowest BCUT2D eigenvalue weighted by Gasteiger charge is -2.24. The zero-order valence-corrected chi connectivity index (χ0v) is 17.3. The lowest BCUT2D eigenvalue weighted by Crippen LogP contribution is -2.31. The van der Waals surface area contributed by atoms with Crippen LogP contribution in [0.4, 0.5) is 14.5 Å². The van der Waals surface area contributed by atoms with Gasteiger partial charge in [0.25, 0.3) is 0 Å². The van der Waals surface area contributed by atoms with E-state index in [1.807, 2.05) is 4.90 Å². The third-order valence-electron chi connectivity index (χ3n) is 4.73. The van der Waals surface area contributed by atoms with Crippen molar-refractivity contribution in [2.75, 3.05) is 31.1 Å². The molecule has 0 bridgehead atoms. The van der Waals surface area contributed by atoms with Gasteiger partial charge in [0.2, 0.25) is 0 Å². The van der Waals surface area contributed by atoms with Gasteiger partial charge in [-0.3, -0.25) is 10.3 Å². The standard InChI is InChI=1S/C20H22ClF2N5S/c21-16-3-1-4-17(22)15(16)13-27-7-2-8-28(10-9-27)19-6-5-14(11-18(19)23)12-25-26-20(24)29/h1,3-6,11-12H,2,7-10,13H2,(H3,24,26,29)/b25-12+. The number of benzene rings is 2. The van der Waals surface area contributed by atoms with Crippen LogP contribution in [0, 0.1) is 11.6 Å². The molecule has 9 heteroatoms. The van der Waals surface area contributed by atoms with Gasteiger partial charge < -0.3 is 10.6 Å². The fourth-order valence-corrected chi connectivity index (χ4v) is 3.58. The van der Waals surface area contributed by atoms with Crippen LogP contribution in [0.5, 0.6) is 0 Å². The summed E-state index contributed by atoms with van der Waals surface area (Å²) in [5.74, 6) is -0.623. The van der Waals surface area contributed by atoms with Crippen molar-refractivity contribution in [2.45, 2.75) is 13.0 Å². The summed E-state index contributed by atoms with van der Waals surface area (Å²) in [6, 6.07) is 9.65. The van der Waals surface area contributed by atoms with E-state index in [0.29, 0.717) is 41.5 Å². The molecule has 0 amide bonds. The van der Waals surface area contributed by atoms with Crippen LogP contribution in [0.2, 0.25) is 5.02 Å². The van der Waals surface area contributed by atoms with Gasteiger partial charge >= 0.3 is 0 Å². The highest BCUT2D eigenvalue weighted by Gasteiger charge is 2.19. The van der Waals surface area contributed by atoms with Gasteiger partial charge in [0, 0.05) is 43.3 Å². The molecule has 0 saturated carbocycles. The molecule has 1 aliphatic rings. The minimum Gasteiger partial charge on any atom is -0.375 e. The van der Waals surface area contributed by atoms with Crippen LogP contribution in [-0.2, 0) is 6.54 Å². The van der Waals surface area contributed by atoms with Crippen LogP contribution in [0.3, 0.4) is 0 Å². The lowest BCUT2D eigenvalue weighted by molar-refractivity contribution is 0.281. The average Bonchev–Trinajstić information content (AvgIpc) is 2.90. The Kier molecular flexibility index (Phi) is 7.35. The van der Waals surface area contributed by atoms with Crippen molar-refractivity contribution in [3.63, 3.8) is 0 Å². The van der Waals surface area contributed by atoms with E-state index in [-0.39, 0.29) is 16.7 Å². The van der Waals surface area contributed by atoms with Crippen molar-refractivity contribution >= 4 is 40.8 Å². The van der Waals surface area contributed by atoms with Crippen molar-refractivity contribution in [1.29, 1.82) is 0 Å². The summed E-state index contributed by atoms with van der Waals surface area (Å²) in [7, 11) is 0. The van der Waals surface area contributed by atoms with E-state index < -0.39 is 0 Å². The number of hydrazone groups is 1. The fourth-order valence-electron chi connectivity index (χ4n) is 3.31. The SMILES string of the molecule is NC(=S)N/N=C/c1ccc(N2CCCN(Cc3c(F)cccc3Cl)CC2)c(F)c1. The largest absolute Gasteiger partial charge is 0.375 e. The first-order valence-electron chi connectivity index (χ1n) is 9.22. The highest BCUT2D eigenvalue weighted by Crippen LogP contribution is 2.24. The number of rotatable bonds is 5. The summed E-state index contributed by atoms with van der Waals surface area (Å²) in [5.41, 5.74) is 9.37. The maximum absolute atomic E-state index is 14.6. The van der Waals surface area contributed by atoms with E-state index in [1.165, 1.54) is 18.3 Å². The molecule has 1 heterocycles. The van der Waals surface area contributed by atoms with E-state index in [4.69, 9.17) is 17.3 Å². The number of nitrogens with two attached hydrogens (primary N) is 1. The molecule has 0 aliphatic carbocycles. The Balaban J connectivity index is 1.64. The monoisotopic (exact) mass is 437 g/mol. The third kappa shape index (κ3) is 5.85. The number of halogens is 3. The van der Waals surface area contributed by atoms with Crippen molar-refractivity contribution in [1.82, 2.24) is 10.3 Å². The summed E-state index contributed by atoms with van der Waals surface area (Å²) in [5, 5.41) is 4.31. The number of nitrogens with one attached hydrogen (secondary N) is 1. The Morgan fingerprint density at radius 1 is 1.17 bits per heavy atom. The molecule has 154 valence electrons. The number of thiocarbonyl (C=S) groups is 1. The van der Waals surface area contributed by atoms with Gasteiger partial charge in [-0.25, -0.2) is 8.78 Å². The van der Waals surface area contributed by atoms with E-state index >= 15 is 0 Å². The Bertz CT molecular complexity index is 888. The predicted octanol–water partition coefficient (Wildman–Crippen LogP) is 3.50. The smallest absolute Gasteiger partial charge is 0.184 e. The van der Waals surface area contributed by atoms with Crippen LogP contribution in [0.15, 0.2) is 41.5 Å². The van der Waals surface area contributed by atoms with Gasteiger partial charge in [-0.1, -0.05) is 23.7 Å². The molecule has 1 saturated heterocycles. The number of hydrogen-bond acceptors (Lipinski definition) is 4. The molecule has 0 unspecified atom stereocenters.